The van der Waals surface area contributed by atoms with Crippen molar-refractivity contribution in [1.29, 1.82) is 0 Å². The maximum Gasteiger partial charge on any atom is 0.0431 e. The van der Waals surface area contributed by atoms with Gasteiger partial charge in [0.25, 0.3) is 0 Å². The van der Waals surface area contributed by atoms with Crippen LogP contribution in [0.15, 0.2) is 24.8 Å². The molecule has 0 saturated heterocycles. The minimum absolute atomic E-state index is 0.336. The van der Waals surface area contributed by atoms with Gasteiger partial charge in [0, 0.05) is 6.61 Å². The Morgan fingerprint density at radius 2 is 1.82 bits per heavy atom. The van der Waals surface area contributed by atoms with Gasteiger partial charge < -0.3 is 5.11 Å². The predicted octanol–water partition coefficient (Wildman–Crippen LogP) is 2.67. The molecule has 0 aromatic heterocycles. The molecule has 0 radical (unpaired) electrons. The first-order chi connectivity index (χ1) is 5.41. The highest BCUT2D eigenvalue weighted by Crippen LogP contribution is 2.02. The summed E-state index contributed by atoms with van der Waals surface area (Å²) >= 11 is 0. The Balaban J connectivity index is 2.90. The Morgan fingerprint density at radius 1 is 1.09 bits per heavy atom. The van der Waals surface area contributed by atoms with Crippen LogP contribution in [0.2, 0.25) is 0 Å². The first-order valence-electron chi connectivity index (χ1n) is 4.30. The lowest BCUT2D eigenvalue weighted by Gasteiger charge is -1.94. The van der Waals surface area contributed by atoms with Gasteiger partial charge in [-0.3, -0.25) is 0 Å². The first kappa shape index (κ1) is 10.4. The van der Waals surface area contributed by atoms with Gasteiger partial charge in [-0.15, -0.1) is 0 Å². The molecule has 11 heavy (non-hydrogen) atoms. The van der Waals surface area contributed by atoms with E-state index in [1.165, 1.54) is 12.8 Å². The van der Waals surface area contributed by atoms with Crippen LogP contribution in [0.4, 0.5) is 0 Å². The van der Waals surface area contributed by atoms with Crippen molar-refractivity contribution in [3.63, 3.8) is 0 Å². The van der Waals surface area contributed by atoms with Gasteiger partial charge in [0.1, 0.15) is 0 Å². The molecule has 0 aliphatic heterocycles. The number of allylic oxidation sites excluding steroid dienone is 3. The number of hydrogen-bond donors (Lipinski definition) is 1. The number of rotatable bonds is 7. The molecule has 0 atom stereocenters. The molecule has 0 aliphatic rings. The van der Waals surface area contributed by atoms with Gasteiger partial charge in [-0.25, -0.2) is 0 Å². The van der Waals surface area contributed by atoms with Gasteiger partial charge in [-0.1, -0.05) is 37.6 Å². The lowest BCUT2D eigenvalue weighted by molar-refractivity contribution is 0.282. The Labute approximate surface area is 69.4 Å². The summed E-state index contributed by atoms with van der Waals surface area (Å²) in [5, 5.41) is 8.48. The second-order valence-electron chi connectivity index (χ2n) is 2.59. The van der Waals surface area contributed by atoms with E-state index in [4.69, 9.17) is 5.11 Å². The minimum atomic E-state index is 0.336. The molecule has 0 fully saturated rings. The number of hydrogen-bond acceptors (Lipinski definition) is 1. The molecule has 0 spiro atoms. The molecule has 0 aliphatic carbocycles. The Kier molecular flexibility index (Phi) is 8.96. The van der Waals surface area contributed by atoms with Gasteiger partial charge in [0.2, 0.25) is 0 Å². The highest BCUT2D eigenvalue weighted by molar-refractivity contribution is 4.96. The van der Waals surface area contributed by atoms with Gasteiger partial charge in [-0.05, 0) is 19.3 Å². The van der Waals surface area contributed by atoms with Crippen LogP contribution in [0.1, 0.15) is 32.1 Å². The van der Waals surface area contributed by atoms with Crippen molar-refractivity contribution in [2.75, 3.05) is 6.61 Å². The molecule has 0 heterocycles. The van der Waals surface area contributed by atoms with Gasteiger partial charge in [0.15, 0.2) is 0 Å². The third-order valence-corrected chi connectivity index (χ3v) is 1.55. The van der Waals surface area contributed by atoms with Crippen LogP contribution in [0.25, 0.3) is 0 Å². The number of aliphatic hydroxyl groups excluding tert-OH is 1. The second kappa shape index (κ2) is 9.44. The lowest BCUT2D eigenvalue weighted by Crippen LogP contribution is -1.82. The summed E-state index contributed by atoms with van der Waals surface area (Å²) in [5.41, 5.74) is 0. The van der Waals surface area contributed by atoms with E-state index in [1.54, 1.807) is 6.08 Å². The van der Waals surface area contributed by atoms with Gasteiger partial charge >= 0.3 is 0 Å². The van der Waals surface area contributed by atoms with E-state index in [9.17, 15) is 0 Å². The van der Waals surface area contributed by atoms with Gasteiger partial charge in [-0.2, -0.15) is 0 Å². The van der Waals surface area contributed by atoms with Crippen molar-refractivity contribution in [2.24, 2.45) is 0 Å². The summed E-state index contributed by atoms with van der Waals surface area (Å²) in [4.78, 5) is 0. The van der Waals surface area contributed by atoms with Crippen LogP contribution in [-0.4, -0.2) is 11.7 Å². The monoisotopic (exact) mass is 154 g/mol. The second-order valence-corrected chi connectivity index (χ2v) is 2.59. The average molecular weight is 154 g/mol. The van der Waals surface area contributed by atoms with Crippen molar-refractivity contribution in [2.45, 2.75) is 32.1 Å². The molecule has 0 unspecified atom stereocenters. The van der Waals surface area contributed by atoms with E-state index >= 15 is 0 Å². The van der Waals surface area contributed by atoms with E-state index in [0.717, 1.165) is 19.3 Å². The first-order valence-corrected chi connectivity index (χ1v) is 4.30. The molecule has 0 aromatic rings. The SMILES string of the molecule is C=C/C=C/CCCCCCO. The fraction of sp³-hybridized carbons (Fsp3) is 0.600. The van der Waals surface area contributed by atoms with Crippen molar-refractivity contribution in [1.82, 2.24) is 0 Å². The third-order valence-electron chi connectivity index (χ3n) is 1.55. The van der Waals surface area contributed by atoms with Crippen molar-refractivity contribution in [3.8, 4) is 0 Å². The molecule has 1 nitrogen and oxygen atoms in total. The zero-order valence-electron chi connectivity index (χ0n) is 7.13. The van der Waals surface area contributed by atoms with E-state index in [2.05, 4.69) is 12.7 Å². The van der Waals surface area contributed by atoms with Crippen LogP contribution in [-0.2, 0) is 0 Å². The van der Waals surface area contributed by atoms with Crippen LogP contribution < -0.4 is 0 Å². The van der Waals surface area contributed by atoms with E-state index in [1.807, 2.05) is 6.08 Å². The lowest BCUT2D eigenvalue weighted by atomic mass is 10.1. The normalized spacial score (nSPS) is 10.6. The number of unbranched alkanes of at least 4 members (excludes halogenated alkanes) is 4. The van der Waals surface area contributed by atoms with Crippen molar-refractivity contribution < 1.29 is 5.11 Å². The van der Waals surface area contributed by atoms with Crippen molar-refractivity contribution >= 4 is 0 Å². The van der Waals surface area contributed by atoms with Crippen LogP contribution in [0.3, 0.4) is 0 Å². The van der Waals surface area contributed by atoms with E-state index in [0.29, 0.717) is 6.61 Å². The molecule has 0 bridgehead atoms. The highest BCUT2D eigenvalue weighted by atomic mass is 16.2. The topological polar surface area (TPSA) is 20.2 Å². The minimum Gasteiger partial charge on any atom is -0.396 e. The maximum absolute atomic E-state index is 8.48. The predicted molar refractivity (Wildman–Crippen MR) is 49.5 cm³/mol. The molecule has 1 N–H and O–H groups in total. The smallest absolute Gasteiger partial charge is 0.0431 e. The molecule has 64 valence electrons. The summed E-state index contributed by atoms with van der Waals surface area (Å²) in [5.74, 6) is 0. The van der Waals surface area contributed by atoms with Crippen LogP contribution in [0, 0.1) is 0 Å². The summed E-state index contributed by atoms with van der Waals surface area (Å²) in [6.07, 6.45) is 11.6. The Hall–Kier alpha value is -0.560. The summed E-state index contributed by atoms with van der Waals surface area (Å²) < 4.78 is 0. The van der Waals surface area contributed by atoms with Crippen molar-refractivity contribution in [3.05, 3.63) is 24.8 Å². The zero-order chi connectivity index (χ0) is 8.36. The molecule has 0 aromatic carbocycles. The van der Waals surface area contributed by atoms with E-state index in [-0.39, 0.29) is 0 Å². The molecular formula is C10H18O. The van der Waals surface area contributed by atoms with Gasteiger partial charge in [0.05, 0.1) is 0 Å². The fourth-order valence-electron chi connectivity index (χ4n) is 0.920. The Morgan fingerprint density at radius 3 is 2.45 bits per heavy atom. The molecule has 0 saturated carbocycles. The summed E-state index contributed by atoms with van der Waals surface area (Å²) in [6.45, 7) is 3.92. The van der Waals surface area contributed by atoms with Crippen LogP contribution in [0.5, 0.6) is 0 Å². The fourth-order valence-corrected chi connectivity index (χ4v) is 0.920. The summed E-state index contributed by atoms with van der Waals surface area (Å²) in [7, 11) is 0. The Bertz CT molecular complexity index is 105. The summed E-state index contributed by atoms with van der Waals surface area (Å²) in [6, 6.07) is 0. The third kappa shape index (κ3) is 9.44. The largest absolute Gasteiger partial charge is 0.396 e. The zero-order valence-corrected chi connectivity index (χ0v) is 7.13. The quantitative estimate of drug-likeness (QED) is 0.441. The number of aliphatic hydroxyl groups is 1. The molecular weight excluding hydrogens is 136 g/mol. The van der Waals surface area contributed by atoms with Crippen LogP contribution >= 0.6 is 0 Å². The molecule has 0 rings (SSSR count). The standard InChI is InChI=1S/C10H18O/c1-2-3-4-5-6-7-8-9-10-11/h2-4,11H,1,5-10H2/b4-3+. The maximum atomic E-state index is 8.48. The average Bonchev–Trinajstić information content (AvgIpc) is 2.03. The molecule has 0 amide bonds. The molecule has 1 heteroatoms. The highest BCUT2D eigenvalue weighted by Gasteiger charge is 1.85. The van der Waals surface area contributed by atoms with E-state index < -0.39 is 0 Å².